The fourth-order valence-electron chi connectivity index (χ4n) is 0.499. The molecule has 0 rings (SSSR count). The molecule has 0 unspecified atom stereocenters. The van der Waals surface area contributed by atoms with Crippen LogP contribution < -0.4 is 0 Å². The number of carbonyl (C=O) groups is 1. The Hall–Kier alpha value is 0.150. The fraction of sp³-hybridized carbons (Fsp3) is 0.833. The van der Waals surface area contributed by atoms with Crippen LogP contribution in [0.5, 0.6) is 0 Å². The Morgan fingerprint density at radius 3 is 2.50 bits per heavy atom. The van der Waals surface area contributed by atoms with Crippen molar-refractivity contribution in [3.8, 4) is 0 Å². The summed E-state index contributed by atoms with van der Waals surface area (Å²) in [5, 5.41) is 1.06. The van der Waals surface area contributed by atoms with Gasteiger partial charge in [0.1, 0.15) is 6.29 Å². The van der Waals surface area contributed by atoms with Crippen LogP contribution >= 0.6 is 15.9 Å². The highest BCUT2D eigenvalue weighted by Gasteiger charge is 1.84. The van der Waals surface area contributed by atoms with Crippen LogP contribution in [0, 0.1) is 0 Å². The van der Waals surface area contributed by atoms with Crippen molar-refractivity contribution < 1.29 is 4.79 Å². The number of aldehydes is 1. The van der Waals surface area contributed by atoms with E-state index in [0.717, 1.165) is 24.5 Å². The van der Waals surface area contributed by atoms with Gasteiger partial charge in [-0.05, 0) is 12.8 Å². The third-order valence-corrected chi connectivity index (χ3v) is 1.52. The maximum Gasteiger partial charge on any atom is 0.119 e. The molecule has 0 heterocycles. The number of carbonyl (C=O) groups excluding carboxylic acids is 1. The van der Waals surface area contributed by atoms with Crippen molar-refractivity contribution in [2.75, 3.05) is 5.33 Å². The molecule has 0 amide bonds. The maximum absolute atomic E-state index is 9.76. The second-order valence-electron chi connectivity index (χ2n) is 1.70. The molecule has 0 saturated heterocycles. The van der Waals surface area contributed by atoms with Crippen molar-refractivity contribution in [3.63, 3.8) is 0 Å². The zero-order valence-corrected chi connectivity index (χ0v) is 6.49. The van der Waals surface area contributed by atoms with E-state index in [4.69, 9.17) is 0 Å². The molecule has 0 aromatic carbocycles. The summed E-state index contributed by atoms with van der Waals surface area (Å²) in [6, 6.07) is 0. The first-order chi connectivity index (χ1) is 3.91. The summed E-state index contributed by atoms with van der Waals surface area (Å²) >= 11 is 3.31. The van der Waals surface area contributed by atoms with Crippen LogP contribution in [0.15, 0.2) is 0 Å². The smallest absolute Gasteiger partial charge is 0.119 e. The molecule has 0 aromatic rings. The second-order valence-corrected chi connectivity index (χ2v) is 2.50. The number of hydrogen-bond donors (Lipinski definition) is 0. The molecule has 0 spiro atoms. The molecule has 0 aliphatic heterocycles. The van der Waals surface area contributed by atoms with Gasteiger partial charge in [-0.3, -0.25) is 0 Å². The highest BCUT2D eigenvalue weighted by molar-refractivity contribution is 9.09. The van der Waals surface area contributed by atoms with E-state index in [0.29, 0.717) is 0 Å². The topological polar surface area (TPSA) is 17.1 Å². The first kappa shape index (κ1) is 8.15. The molecule has 2 heteroatoms. The number of rotatable bonds is 5. The highest BCUT2D eigenvalue weighted by atomic mass is 79.9. The Balaban J connectivity index is 2.62. The summed E-state index contributed by atoms with van der Waals surface area (Å²) < 4.78 is 0. The Morgan fingerprint density at radius 2 is 2.00 bits per heavy atom. The molecule has 0 aliphatic carbocycles. The van der Waals surface area contributed by atoms with Gasteiger partial charge in [-0.2, -0.15) is 0 Å². The summed E-state index contributed by atoms with van der Waals surface area (Å²) in [6.07, 6.45) is 5.12. The van der Waals surface area contributed by atoms with Crippen LogP contribution in [-0.4, -0.2) is 11.6 Å². The Morgan fingerprint density at radius 1 is 1.25 bits per heavy atom. The Labute approximate surface area is 58.6 Å². The molecular formula is C6H11BrO. The molecule has 48 valence electrons. The zero-order chi connectivity index (χ0) is 6.24. The van der Waals surface area contributed by atoms with E-state index in [1.54, 1.807) is 0 Å². The lowest BCUT2D eigenvalue weighted by Gasteiger charge is -1.89. The SMILES string of the molecule is O=CCCCCCBr. The Kier molecular flexibility index (Phi) is 7.28. The van der Waals surface area contributed by atoms with E-state index in [1.165, 1.54) is 12.8 Å². The van der Waals surface area contributed by atoms with Gasteiger partial charge in [0.05, 0.1) is 0 Å². The van der Waals surface area contributed by atoms with E-state index in [1.807, 2.05) is 0 Å². The molecule has 0 radical (unpaired) electrons. The maximum atomic E-state index is 9.76. The molecule has 0 bridgehead atoms. The van der Waals surface area contributed by atoms with Gasteiger partial charge in [-0.15, -0.1) is 0 Å². The van der Waals surface area contributed by atoms with Crippen molar-refractivity contribution in [1.29, 1.82) is 0 Å². The number of alkyl halides is 1. The second kappa shape index (κ2) is 7.15. The van der Waals surface area contributed by atoms with Crippen molar-refractivity contribution in [2.45, 2.75) is 25.7 Å². The van der Waals surface area contributed by atoms with Crippen molar-refractivity contribution >= 4 is 22.2 Å². The molecule has 0 aliphatic rings. The predicted molar refractivity (Wildman–Crippen MR) is 38.3 cm³/mol. The average Bonchev–Trinajstić information content (AvgIpc) is 1.81. The van der Waals surface area contributed by atoms with Gasteiger partial charge in [0, 0.05) is 11.8 Å². The monoisotopic (exact) mass is 178 g/mol. The minimum atomic E-state index is 0.729. The molecule has 0 atom stereocenters. The van der Waals surface area contributed by atoms with Crippen LogP contribution in [0.1, 0.15) is 25.7 Å². The molecule has 0 aromatic heterocycles. The van der Waals surface area contributed by atoms with E-state index < -0.39 is 0 Å². The van der Waals surface area contributed by atoms with Gasteiger partial charge >= 0.3 is 0 Å². The average molecular weight is 179 g/mol. The van der Waals surface area contributed by atoms with Gasteiger partial charge in [0.25, 0.3) is 0 Å². The summed E-state index contributed by atoms with van der Waals surface area (Å²) in [7, 11) is 0. The van der Waals surface area contributed by atoms with Gasteiger partial charge in [0.2, 0.25) is 0 Å². The third-order valence-electron chi connectivity index (χ3n) is 0.956. The van der Waals surface area contributed by atoms with E-state index in [9.17, 15) is 4.79 Å². The standard InChI is InChI=1S/C6H11BrO/c7-5-3-1-2-4-6-8/h6H,1-5H2. The van der Waals surface area contributed by atoms with Crippen molar-refractivity contribution in [1.82, 2.24) is 0 Å². The lowest BCUT2D eigenvalue weighted by Crippen LogP contribution is -1.78. The molecule has 8 heavy (non-hydrogen) atoms. The van der Waals surface area contributed by atoms with Gasteiger partial charge in [0.15, 0.2) is 0 Å². The van der Waals surface area contributed by atoms with Gasteiger partial charge < -0.3 is 4.79 Å². The normalized spacial score (nSPS) is 9.12. The molecule has 0 N–H and O–H groups in total. The molecule has 1 nitrogen and oxygen atoms in total. The van der Waals surface area contributed by atoms with Crippen LogP contribution in [0.4, 0.5) is 0 Å². The van der Waals surface area contributed by atoms with E-state index in [2.05, 4.69) is 15.9 Å². The summed E-state index contributed by atoms with van der Waals surface area (Å²) in [6.45, 7) is 0. The third kappa shape index (κ3) is 6.15. The van der Waals surface area contributed by atoms with Gasteiger partial charge in [-0.1, -0.05) is 22.4 Å². The van der Waals surface area contributed by atoms with Crippen molar-refractivity contribution in [2.24, 2.45) is 0 Å². The summed E-state index contributed by atoms with van der Waals surface area (Å²) in [5.74, 6) is 0. The van der Waals surface area contributed by atoms with E-state index in [-0.39, 0.29) is 0 Å². The van der Waals surface area contributed by atoms with E-state index >= 15 is 0 Å². The van der Waals surface area contributed by atoms with Crippen LogP contribution in [0.3, 0.4) is 0 Å². The minimum Gasteiger partial charge on any atom is -0.303 e. The zero-order valence-electron chi connectivity index (χ0n) is 4.90. The lowest BCUT2D eigenvalue weighted by molar-refractivity contribution is -0.107. The first-order valence-corrected chi connectivity index (χ1v) is 4.03. The predicted octanol–water partition coefficient (Wildman–Crippen LogP) is 2.14. The first-order valence-electron chi connectivity index (χ1n) is 2.91. The number of unbranched alkanes of at least 4 members (excludes halogenated alkanes) is 3. The Bertz CT molecular complexity index is 54.5. The molecule has 0 fully saturated rings. The van der Waals surface area contributed by atoms with Crippen molar-refractivity contribution in [3.05, 3.63) is 0 Å². The molecular weight excluding hydrogens is 168 g/mol. The summed E-state index contributed by atoms with van der Waals surface area (Å²) in [4.78, 5) is 9.76. The van der Waals surface area contributed by atoms with Crippen LogP contribution in [0.2, 0.25) is 0 Å². The van der Waals surface area contributed by atoms with Gasteiger partial charge in [-0.25, -0.2) is 0 Å². The largest absolute Gasteiger partial charge is 0.303 e. The lowest BCUT2D eigenvalue weighted by atomic mass is 10.2. The quantitative estimate of drug-likeness (QED) is 0.359. The summed E-state index contributed by atoms with van der Waals surface area (Å²) in [5.41, 5.74) is 0. The van der Waals surface area contributed by atoms with Crippen LogP contribution in [0.25, 0.3) is 0 Å². The highest BCUT2D eigenvalue weighted by Crippen LogP contribution is 1.99. The molecule has 0 saturated carbocycles. The minimum absolute atomic E-state index is 0.729. The number of halogens is 1. The van der Waals surface area contributed by atoms with Crippen LogP contribution in [-0.2, 0) is 4.79 Å². The number of hydrogen-bond acceptors (Lipinski definition) is 1. The fourth-order valence-corrected chi connectivity index (χ4v) is 0.895.